The molecule has 0 aliphatic carbocycles. The Morgan fingerprint density at radius 1 is 1.00 bits per heavy atom. The molecular weight excluding hydrogens is 422 g/mol. The summed E-state index contributed by atoms with van der Waals surface area (Å²) in [5, 5.41) is 12.9. The van der Waals surface area contributed by atoms with Gasteiger partial charge in [-0.1, -0.05) is 0 Å². The van der Waals surface area contributed by atoms with Gasteiger partial charge in [-0.2, -0.15) is 0 Å². The van der Waals surface area contributed by atoms with Crippen molar-refractivity contribution in [1.29, 1.82) is 0 Å². The summed E-state index contributed by atoms with van der Waals surface area (Å²) in [7, 11) is 2.21. The fourth-order valence-corrected chi connectivity index (χ4v) is 4.47. The second-order valence-electron chi connectivity index (χ2n) is 7.38. The molecule has 0 bridgehead atoms. The van der Waals surface area contributed by atoms with E-state index in [1.807, 2.05) is 0 Å². The number of aliphatic hydroxyl groups is 1. The highest BCUT2D eigenvalue weighted by Crippen LogP contribution is 2.17. The van der Waals surface area contributed by atoms with Crippen LogP contribution in [0.2, 0.25) is 6.04 Å². The molecule has 2 N–H and O–H groups in total. The van der Waals surface area contributed by atoms with E-state index in [-0.39, 0.29) is 31.4 Å². The van der Waals surface area contributed by atoms with Crippen molar-refractivity contribution in [2.45, 2.75) is 38.3 Å². The first-order valence-corrected chi connectivity index (χ1v) is 12.1. The highest BCUT2D eigenvalue weighted by molar-refractivity contribution is 6.60. The first-order chi connectivity index (χ1) is 14.7. The maximum atomic E-state index is 12.0. The van der Waals surface area contributed by atoms with Gasteiger partial charge in [0, 0.05) is 39.5 Å². The molecule has 0 aliphatic heterocycles. The predicted molar refractivity (Wildman–Crippen MR) is 117 cm³/mol. The number of rotatable bonds is 16. The van der Waals surface area contributed by atoms with Crippen molar-refractivity contribution in [1.82, 2.24) is 5.32 Å². The Bertz CT molecular complexity index is 663. The normalized spacial score (nSPS) is 11.9. The van der Waals surface area contributed by atoms with Crippen LogP contribution in [0.4, 0.5) is 0 Å². The summed E-state index contributed by atoms with van der Waals surface area (Å²) in [4.78, 5) is 23.7. The third kappa shape index (κ3) is 9.89. The fraction of sp³-hybridized carbons (Fsp3) is 0.619. The molecule has 9 nitrogen and oxygen atoms in total. The van der Waals surface area contributed by atoms with E-state index < -0.39 is 14.4 Å². The molecule has 0 aliphatic rings. The van der Waals surface area contributed by atoms with Crippen LogP contribution in [0.25, 0.3) is 0 Å². The van der Waals surface area contributed by atoms with Crippen molar-refractivity contribution >= 4 is 20.6 Å². The molecular formula is C21H35NO8Si. The summed E-state index contributed by atoms with van der Waals surface area (Å²) >= 11 is 0. The van der Waals surface area contributed by atoms with Gasteiger partial charge in [-0.25, -0.2) is 0 Å². The second-order valence-corrected chi connectivity index (χ2v) is 10.5. The molecule has 0 amide bonds. The van der Waals surface area contributed by atoms with Gasteiger partial charge in [0.25, 0.3) is 0 Å². The van der Waals surface area contributed by atoms with E-state index in [1.54, 1.807) is 45.6 Å². The van der Waals surface area contributed by atoms with Crippen LogP contribution in [0, 0.1) is 0 Å². The number of ketones is 1. The summed E-state index contributed by atoms with van der Waals surface area (Å²) in [6.07, 6.45) is 1.07. The van der Waals surface area contributed by atoms with E-state index in [0.717, 1.165) is 6.42 Å². The van der Waals surface area contributed by atoms with Crippen LogP contribution in [0.5, 0.6) is 5.75 Å². The summed E-state index contributed by atoms with van der Waals surface area (Å²) in [5.74, 6) is -0.122. The first-order valence-electron chi connectivity index (χ1n) is 10.2. The Morgan fingerprint density at radius 2 is 1.61 bits per heavy atom. The quantitative estimate of drug-likeness (QED) is 0.166. The Labute approximate surface area is 185 Å². The van der Waals surface area contributed by atoms with Gasteiger partial charge in [0.15, 0.2) is 5.78 Å². The number of nitrogens with one attached hydrogen (secondary N) is 1. The van der Waals surface area contributed by atoms with Crippen molar-refractivity contribution < 1.29 is 37.4 Å². The zero-order valence-corrected chi connectivity index (χ0v) is 20.1. The zero-order valence-electron chi connectivity index (χ0n) is 19.1. The molecule has 0 heterocycles. The number of benzene rings is 1. The number of carbonyl (C=O) groups is 2. The lowest BCUT2D eigenvalue weighted by atomic mass is 9.97. The van der Waals surface area contributed by atoms with Crippen molar-refractivity contribution in [3.8, 4) is 5.75 Å². The molecule has 0 saturated carbocycles. The molecule has 0 unspecified atom stereocenters. The minimum atomic E-state index is -2.54. The third-order valence-electron chi connectivity index (χ3n) is 4.56. The van der Waals surface area contributed by atoms with Crippen molar-refractivity contribution in [2.75, 3.05) is 47.6 Å². The van der Waals surface area contributed by atoms with E-state index in [2.05, 4.69) is 5.32 Å². The number of Topliss-reactive ketones (excluding diaryl/α,β-unsaturated/α-hetero) is 1. The molecule has 1 aromatic rings. The van der Waals surface area contributed by atoms with Crippen molar-refractivity contribution in [2.24, 2.45) is 0 Å². The van der Waals surface area contributed by atoms with Gasteiger partial charge in [0.1, 0.15) is 24.6 Å². The van der Waals surface area contributed by atoms with Gasteiger partial charge in [-0.3, -0.25) is 9.59 Å². The van der Waals surface area contributed by atoms with Crippen molar-refractivity contribution in [3.05, 3.63) is 29.8 Å². The monoisotopic (exact) mass is 457 g/mol. The summed E-state index contributed by atoms with van der Waals surface area (Å²) in [6.45, 7) is 4.45. The number of esters is 1. The molecule has 0 saturated heterocycles. The summed E-state index contributed by atoms with van der Waals surface area (Å²) in [6, 6.07) is 7.15. The average molecular weight is 458 g/mol. The largest absolute Gasteiger partial charge is 0.500 e. The third-order valence-corrected chi connectivity index (χ3v) is 7.39. The molecule has 0 fully saturated rings. The van der Waals surface area contributed by atoms with Gasteiger partial charge in [0.05, 0.1) is 6.42 Å². The Morgan fingerprint density at radius 3 is 2.16 bits per heavy atom. The molecule has 0 atom stereocenters. The highest BCUT2D eigenvalue weighted by Gasteiger charge is 2.36. The summed E-state index contributed by atoms with van der Waals surface area (Å²) < 4.78 is 26.7. The highest BCUT2D eigenvalue weighted by atomic mass is 28.4. The van der Waals surface area contributed by atoms with E-state index in [0.29, 0.717) is 30.4 Å². The number of ether oxygens (including phenoxy) is 2. The van der Waals surface area contributed by atoms with Crippen LogP contribution in [0.15, 0.2) is 24.3 Å². The van der Waals surface area contributed by atoms with Crippen LogP contribution in [-0.4, -0.2) is 78.9 Å². The topological polar surface area (TPSA) is 113 Å². The van der Waals surface area contributed by atoms with E-state index in [1.165, 1.54) is 13.8 Å². The molecule has 176 valence electrons. The number of hydrogen-bond donors (Lipinski definition) is 2. The maximum absolute atomic E-state index is 12.0. The fourth-order valence-electron chi connectivity index (χ4n) is 2.74. The minimum absolute atomic E-state index is 0.132. The van der Waals surface area contributed by atoms with Crippen LogP contribution in [-0.2, 0) is 22.8 Å². The summed E-state index contributed by atoms with van der Waals surface area (Å²) in [5.41, 5.74) is -1.02. The van der Waals surface area contributed by atoms with Gasteiger partial charge in [-0.05, 0) is 51.1 Å². The molecule has 0 spiro atoms. The van der Waals surface area contributed by atoms with Crippen LogP contribution in [0.1, 0.15) is 37.0 Å². The average Bonchev–Trinajstić information content (AvgIpc) is 2.76. The first kappa shape index (κ1) is 27.2. The lowest BCUT2D eigenvalue weighted by Gasteiger charge is -2.24. The molecule has 0 radical (unpaired) electrons. The zero-order chi connectivity index (χ0) is 23.3. The van der Waals surface area contributed by atoms with Gasteiger partial charge in [-0.15, -0.1) is 0 Å². The standard InChI is InChI=1S/C21H35NO8Si/c1-21(2,25)20(24)17-7-9-18(10-8-17)29-14-15-30-19(23)11-13-22-12-6-16-31(26-3,27-4)28-5/h7-10,22,25H,6,11-16H2,1-5H3. The second kappa shape index (κ2) is 13.6. The maximum Gasteiger partial charge on any atom is 0.500 e. The van der Waals surface area contributed by atoms with E-state index in [9.17, 15) is 14.7 Å². The smallest absolute Gasteiger partial charge is 0.490 e. The van der Waals surface area contributed by atoms with Gasteiger partial charge >= 0.3 is 14.8 Å². The lowest BCUT2D eigenvalue weighted by Crippen LogP contribution is -2.43. The van der Waals surface area contributed by atoms with E-state index in [4.69, 9.17) is 22.8 Å². The molecule has 31 heavy (non-hydrogen) atoms. The molecule has 0 aromatic heterocycles. The van der Waals surface area contributed by atoms with Crippen LogP contribution < -0.4 is 10.1 Å². The van der Waals surface area contributed by atoms with Gasteiger partial charge < -0.3 is 33.2 Å². The van der Waals surface area contributed by atoms with Crippen LogP contribution >= 0.6 is 0 Å². The minimum Gasteiger partial charge on any atom is -0.490 e. The van der Waals surface area contributed by atoms with Gasteiger partial charge in [0.2, 0.25) is 0 Å². The Hall–Kier alpha value is -1.82. The predicted octanol–water partition coefficient (Wildman–Crippen LogP) is 1.81. The van der Waals surface area contributed by atoms with E-state index >= 15 is 0 Å². The molecule has 10 heteroatoms. The number of carbonyl (C=O) groups excluding carboxylic acids is 2. The molecule has 1 aromatic carbocycles. The number of hydrogen-bond acceptors (Lipinski definition) is 9. The molecule has 1 rings (SSSR count). The Balaban J connectivity index is 2.15. The van der Waals surface area contributed by atoms with Crippen LogP contribution in [0.3, 0.4) is 0 Å². The Kier molecular flexibility index (Phi) is 11.9. The van der Waals surface area contributed by atoms with Crippen molar-refractivity contribution in [3.63, 3.8) is 0 Å². The lowest BCUT2D eigenvalue weighted by molar-refractivity contribution is -0.144. The SMILES string of the molecule is CO[Si](CCCNCCC(=O)OCCOc1ccc(C(=O)C(C)(C)O)cc1)(OC)OC.